The molecule has 2 aromatic carbocycles. The van der Waals surface area contributed by atoms with E-state index in [4.69, 9.17) is 11.6 Å². The number of halogens is 1. The number of fused-ring (bicyclic) bond motifs is 1. The SMILES string of the molecule is Cc1cccc(N(C)C(=O)CSc2nc3ccsc3c(=O)n2-c2cccc(Cl)c2)c1. The Morgan fingerprint density at radius 2 is 2.00 bits per heavy atom. The van der Waals surface area contributed by atoms with Gasteiger partial charge in [0, 0.05) is 17.8 Å². The van der Waals surface area contributed by atoms with E-state index in [0.29, 0.717) is 26.1 Å². The van der Waals surface area contributed by atoms with Gasteiger partial charge in [-0.05, 0) is 54.3 Å². The second-order valence-electron chi connectivity index (χ2n) is 6.73. The van der Waals surface area contributed by atoms with Crippen molar-refractivity contribution in [3.05, 3.63) is 80.9 Å². The number of thiophene rings is 1. The normalized spacial score (nSPS) is 11.0. The number of carbonyl (C=O) groups excluding carboxylic acids is 1. The van der Waals surface area contributed by atoms with Crippen LogP contribution in [0.1, 0.15) is 5.56 Å². The highest BCUT2D eigenvalue weighted by Crippen LogP contribution is 2.25. The summed E-state index contributed by atoms with van der Waals surface area (Å²) in [5.41, 5.74) is 3.00. The summed E-state index contributed by atoms with van der Waals surface area (Å²) in [5.74, 6) is 0.0653. The lowest BCUT2D eigenvalue weighted by Crippen LogP contribution is -2.28. The third-order valence-corrected chi connectivity index (χ3v) is 6.65. The molecule has 0 aliphatic rings. The Labute approximate surface area is 186 Å². The van der Waals surface area contributed by atoms with Crippen LogP contribution < -0.4 is 10.5 Å². The number of aryl methyl sites for hydroxylation is 1. The third-order valence-electron chi connectivity index (χ3n) is 4.60. The summed E-state index contributed by atoms with van der Waals surface area (Å²) in [6.07, 6.45) is 0. The number of benzene rings is 2. The van der Waals surface area contributed by atoms with Gasteiger partial charge in [-0.3, -0.25) is 14.2 Å². The van der Waals surface area contributed by atoms with Crippen molar-refractivity contribution in [1.82, 2.24) is 9.55 Å². The first-order valence-electron chi connectivity index (χ1n) is 9.16. The van der Waals surface area contributed by atoms with Gasteiger partial charge in [0.2, 0.25) is 5.91 Å². The van der Waals surface area contributed by atoms with Crippen molar-refractivity contribution in [3.8, 4) is 5.69 Å². The number of amides is 1. The van der Waals surface area contributed by atoms with E-state index in [1.165, 1.54) is 27.7 Å². The Balaban J connectivity index is 1.67. The van der Waals surface area contributed by atoms with Crippen LogP contribution in [0, 0.1) is 6.92 Å². The molecule has 0 saturated carbocycles. The first-order chi connectivity index (χ1) is 14.4. The maximum absolute atomic E-state index is 13.1. The average molecular weight is 456 g/mol. The average Bonchev–Trinajstić information content (AvgIpc) is 3.20. The van der Waals surface area contributed by atoms with E-state index in [1.54, 1.807) is 36.2 Å². The minimum atomic E-state index is -0.167. The van der Waals surface area contributed by atoms with Gasteiger partial charge in [0.05, 0.1) is 17.0 Å². The number of hydrogen-bond donors (Lipinski definition) is 0. The molecular formula is C22H18ClN3O2S2. The minimum Gasteiger partial charge on any atom is -0.315 e. The molecule has 0 radical (unpaired) electrons. The lowest BCUT2D eigenvalue weighted by Gasteiger charge is -2.18. The fourth-order valence-electron chi connectivity index (χ4n) is 3.04. The molecule has 8 heteroatoms. The number of hydrogen-bond acceptors (Lipinski definition) is 5. The highest BCUT2D eigenvalue weighted by Gasteiger charge is 2.18. The molecule has 4 aromatic rings. The van der Waals surface area contributed by atoms with Gasteiger partial charge in [-0.2, -0.15) is 0 Å². The number of nitrogens with zero attached hydrogens (tertiary/aromatic N) is 3. The smallest absolute Gasteiger partial charge is 0.276 e. The highest BCUT2D eigenvalue weighted by atomic mass is 35.5. The van der Waals surface area contributed by atoms with Crippen molar-refractivity contribution >= 4 is 56.5 Å². The number of carbonyl (C=O) groups is 1. The van der Waals surface area contributed by atoms with Crippen LogP contribution in [0.4, 0.5) is 5.69 Å². The van der Waals surface area contributed by atoms with Gasteiger partial charge in [0.15, 0.2) is 5.16 Å². The molecular weight excluding hydrogens is 438 g/mol. The minimum absolute atomic E-state index is 0.0806. The maximum atomic E-state index is 13.1. The molecule has 0 saturated heterocycles. The second-order valence-corrected chi connectivity index (χ2v) is 9.03. The molecule has 152 valence electrons. The van der Waals surface area contributed by atoms with Crippen LogP contribution >= 0.6 is 34.7 Å². The number of rotatable bonds is 5. The summed E-state index contributed by atoms with van der Waals surface area (Å²) < 4.78 is 2.09. The van der Waals surface area contributed by atoms with Gasteiger partial charge in [-0.1, -0.05) is 41.6 Å². The van der Waals surface area contributed by atoms with Crippen molar-refractivity contribution in [2.24, 2.45) is 0 Å². The van der Waals surface area contributed by atoms with E-state index in [9.17, 15) is 9.59 Å². The lowest BCUT2D eigenvalue weighted by molar-refractivity contribution is -0.115. The Morgan fingerprint density at radius 3 is 2.77 bits per heavy atom. The van der Waals surface area contributed by atoms with Crippen LogP contribution in [-0.4, -0.2) is 28.3 Å². The van der Waals surface area contributed by atoms with Crippen LogP contribution in [0.3, 0.4) is 0 Å². The van der Waals surface area contributed by atoms with E-state index >= 15 is 0 Å². The van der Waals surface area contributed by atoms with Crippen LogP contribution in [0.15, 0.2) is 69.9 Å². The second kappa shape index (κ2) is 8.63. The van der Waals surface area contributed by atoms with Crippen molar-refractivity contribution in [2.45, 2.75) is 12.1 Å². The van der Waals surface area contributed by atoms with Crippen LogP contribution in [0.5, 0.6) is 0 Å². The van der Waals surface area contributed by atoms with Gasteiger partial charge >= 0.3 is 0 Å². The van der Waals surface area contributed by atoms with Gasteiger partial charge in [0.1, 0.15) is 4.70 Å². The first-order valence-corrected chi connectivity index (χ1v) is 11.4. The van der Waals surface area contributed by atoms with Gasteiger partial charge in [-0.15, -0.1) is 11.3 Å². The van der Waals surface area contributed by atoms with Crippen molar-refractivity contribution in [1.29, 1.82) is 0 Å². The van der Waals surface area contributed by atoms with Gasteiger partial charge < -0.3 is 4.90 Å². The molecule has 0 N–H and O–H groups in total. The molecule has 0 spiro atoms. The summed E-state index contributed by atoms with van der Waals surface area (Å²) in [7, 11) is 1.75. The van der Waals surface area contributed by atoms with E-state index in [2.05, 4.69) is 4.98 Å². The molecule has 1 amide bonds. The van der Waals surface area contributed by atoms with Crippen LogP contribution in [0.25, 0.3) is 15.9 Å². The molecule has 30 heavy (non-hydrogen) atoms. The predicted molar refractivity (Wildman–Crippen MR) is 126 cm³/mol. The van der Waals surface area contributed by atoms with Crippen molar-refractivity contribution in [2.75, 3.05) is 17.7 Å². The Bertz CT molecular complexity index is 1300. The zero-order chi connectivity index (χ0) is 21.3. The molecule has 0 aliphatic carbocycles. The largest absolute Gasteiger partial charge is 0.315 e. The summed E-state index contributed by atoms with van der Waals surface area (Å²) in [4.78, 5) is 32.2. The third kappa shape index (κ3) is 4.14. The standard InChI is InChI=1S/C22H18ClN3O2S2/c1-14-5-3-7-16(11-14)25(2)19(27)13-30-22-24-18-9-10-29-20(18)21(28)26(22)17-8-4-6-15(23)12-17/h3-12H,13H2,1-2H3. The molecule has 0 aliphatic heterocycles. The number of thioether (sulfide) groups is 1. The molecule has 5 nitrogen and oxygen atoms in total. The summed E-state index contributed by atoms with van der Waals surface area (Å²) >= 11 is 8.73. The predicted octanol–water partition coefficient (Wildman–Crippen LogP) is 5.16. The lowest BCUT2D eigenvalue weighted by atomic mass is 10.2. The molecule has 0 unspecified atom stereocenters. The molecule has 4 rings (SSSR count). The highest BCUT2D eigenvalue weighted by molar-refractivity contribution is 7.99. The Morgan fingerprint density at radius 1 is 1.20 bits per heavy atom. The number of anilines is 1. The molecule has 0 fully saturated rings. The van der Waals surface area contributed by atoms with E-state index in [1.807, 2.05) is 42.6 Å². The van der Waals surface area contributed by atoms with E-state index in [-0.39, 0.29) is 17.2 Å². The Hall–Kier alpha value is -2.61. The summed E-state index contributed by atoms with van der Waals surface area (Å²) in [6, 6.07) is 16.6. The molecule has 2 heterocycles. The Kier molecular flexibility index (Phi) is 5.94. The molecule has 0 atom stereocenters. The monoisotopic (exact) mass is 455 g/mol. The van der Waals surface area contributed by atoms with Crippen molar-refractivity contribution < 1.29 is 4.79 Å². The van der Waals surface area contributed by atoms with E-state index < -0.39 is 0 Å². The van der Waals surface area contributed by atoms with Gasteiger partial charge in [0.25, 0.3) is 5.56 Å². The summed E-state index contributed by atoms with van der Waals surface area (Å²) in [6.45, 7) is 1.99. The van der Waals surface area contributed by atoms with E-state index in [0.717, 1.165) is 11.3 Å². The fraction of sp³-hybridized carbons (Fsp3) is 0.136. The quantitative estimate of drug-likeness (QED) is 0.308. The maximum Gasteiger partial charge on any atom is 0.276 e. The zero-order valence-electron chi connectivity index (χ0n) is 16.3. The first kappa shape index (κ1) is 20.7. The molecule has 0 bridgehead atoms. The van der Waals surface area contributed by atoms with Crippen LogP contribution in [-0.2, 0) is 4.79 Å². The van der Waals surface area contributed by atoms with Crippen LogP contribution in [0.2, 0.25) is 5.02 Å². The van der Waals surface area contributed by atoms with Gasteiger partial charge in [-0.25, -0.2) is 4.98 Å². The zero-order valence-corrected chi connectivity index (χ0v) is 18.7. The fourth-order valence-corrected chi connectivity index (χ4v) is 4.91. The topological polar surface area (TPSA) is 55.2 Å². The van der Waals surface area contributed by atoms with Crippen molar-refractivity contribution in [3.63, 3.8) is 0 Å². The number of aromatic nitrogens is 2. The molecule has 2 aromatic heterocycles. The summed E-state index contributed by atoms with van der Waals surface area (Å²) in [5, 5.41) is 2.82.